The summed E-state index contributed by atoms with van der Waals surface area (Å²) >= 11 is 0. The molecule has 5 heteroatoms. The summed E-state index contributed by atoms with van der Waals surface area (Å²) in [6.07, 6.45) is 6.73. The lowest BCUT2D eigenvalue weighted by Gasteiger charge is -2.09. The number of hydrogen-bond donors (Lipinski definition) is 2. The van der Waals surface area contributed by atoms with Gasteiger partial charge in [0, 0.05) is 18.2 Å². The second kappa shape index (κ2) is 9.29. The van der Waals surface area contributed by atoms with E-state index in [2.05, 4.69) is 16.8 Å². The van der Waals surface area contributed by atoms with Crippen LogP contribution in [-0.4, -0.2) is 27.9 Å². The zero-order chi connectivity index (χ0) is 19.8. The molecule has 0 aliphatic heterocycles. The SMILES string of the molecule is C=C/C=C\c1ccc(/C(C)=N\N=C\CC(=O)c2ccccc2O)c(O)c1C. The van der Waals surface area contributed by atoms with Gasteiger partial charge in [0.1, 0.15) is 11.5 Å². The number of carbonyl (C=O) groups excluding carboxylic acids is 1. The van der Waals surface area contributed by atoms with Gasteiger partial charge in [0.05, 0.1) is 11.3 Å². The number of ketones is 1. The van der Waals surface area contributed by atoms with Crippen LogP contribution in [0.2, 0.25) is 0 Å². The number of Topliss-reactive ketones (excluding diaryl/α,β-unsaturated/α-hetero) is 1. The molecule has 0 radical (unpaired) electrons. The van der Waals surface area contributed by atoms with E-state index in [1.165, 1.54) is 12.3 Å². The van der Waals surface area contributed by atoms with Crippen LogP contribution < -0.4 is 0 Å². The molecule has 0 saturated carbocycles. The summed E-state index contributed by atoms with van der Waals surface area (Å²) in [4.78, 5) is 12.0. The Balaban J connectivity index is 2.11. The quantitative estimate of drug-likeness (QED) is 0.325. The van der Waals surface area contributed by atoms with Crippen molar-refractivity contribution < 1.29 is 15.0 Å². The Hall–Kier alpha value is -3.47. The topological polar surface area (TPSA) is 82.2 Å². The van der Waals surface area contributed by atoms with Crippen LogP contribution in [0.1, 0.15) is 40.4 Å². The van der Waals surface area contributed by atoms with Crippen molar-refractivity contribution in [2.24, 2.45) is 10.2 Å². The number of para-hydroxylation sites is 1. The van der Waals surface area contributed by atoms with Crippen LogP contribution in [-0.2, 0) is 0 Å². The van der Waals surface area contributed by atoms with Gasteiger partial charge in [-0.05, 0) is 43.2 Å². The molecule has 27 heavy (non-hydrogen) atoms. The van der Waals surface area contributed by atoms with Gasteiger partial charge in [0.2, 0.25) is 0 Å². The van der Waals surface area contributed by atoms with E-state index < -0.39 is 0 Å². The average Bonchev–Trinajstić information content (AvgIpc) is 2.66. The van der Waals surface area contributed by atoms with E-state index in [0.29, 0.717) is 11.3 Å². The second-order valence-electron chi connectivity index (χ2n) is 5.90. The zero-order valence-corrected chi connectivity index (χ0v) is 15.4. The first-order valence-electron chi connectivity index (χ1n) is 8.45. The van der Waals surface area contributed by atoms with E-state index in [-0.39, 0.29) is 29.3 Å². The molecule has 2 rings (SSSR count). The number of carbonyl (C=O) groups is 1. The van der Waals surface area contributed by atoms with E-state index in [0.717, 1.165) is 11.1 Å². The Kier molecular flexibility index (Phi) is 6.83. The lowest BCUT2D eigenvalue weighted by molar-refractivity contribution is 0.0999. The van der Waals surface area contributed by atoms with E-state index in [4.69, 9.17) is 0 Å². The third kappa shape index (κ3) is 5.01. The molecule has 0 saturated heterocycles. The van der Waals surface area contributed by atoms with Crippen LogP contribution in [0.15, 0.2) is 65.3 Å². The molecule has 0 unspecified atom stereocenters. The molecule has 0 spiro atoms. The number of benzene rings is 2. The molecule has 2 N–H and O–H groups in total. The van der Waals surface area contributed by atoms with Crippen molar-refractivity contribution in [3.05, 3.63) is 77.4 Å². The molecule has 0 amide bonds. The maximum atomic E-state index is 12.0. The minimum atomic E-state index is -0.248. The van der Waals surface area contributed by atoms with Gasteiger partial charge in [0.15, 0.2) is 5.78 Å². The van der Waals surface area contributed by atoms with Crippen LogP contribution in [0, 0.1) is 6.92 Å². The van der Waals surface area contributed by atoms with Crippen molar-refractivity contribution in [2.45, 2.75) is 20.3 Å². The Morgan fingerprint density at radius 2 is 1.89 bits per heavy atom. The molecule has 0 atom stereocenters. The molecular weight excluding hydrogens is 340 g/mol. The molecule has 0 aliphatic rings. The maximum Gasteiger partial charge on any atom is 0.171 e. The fourth-order valence-electron chi connectivity index (χ4n) is 2.48. The van der Waals surface area contributed by atoms with Crippen molar-refractivity contribution >= 4 is 23.8 Å². The first-order chi connectivity index (χ1) is 13.0. The Labute approximate surface area is 158 Å². The normalized spacial score (nSPS) is 12.0. The molecule has 2 aromatic carbocycles. The van der Waals surface area contributed by atoms with Gasteiger partial charge in [-0.15, -0.1) is 0 Å². The van der Waals surface area contributed by atoms with Gasteiger partial charge < -0.3 is 10.2 Å². The van der Waals surface area contributed by atoms with Crippen LogP contribution >= 0.6 is 0 Å². The smallest absolute Gasteiger partial charge is 0.171 e. The van der Waals surface area contributed by atoms with Gasteiger partial charge in [-0.25, -0.2) is 0 Å². The number of nitrogens with zero attached hydrogens (tertiary/aromatic N) is 2. The van der Waals surface area contributed by atoms with Crippen molar-refractivity contribution in [3.8, 4) is 11.5 Å². The van der Waals surface area contributed by atoms with Crippen LogP contribution in [0.3, 0.4) is 0 Å². The fourth-order valence-corrected chi connectivity index (χ4v) is 2.48. The summed E-state index contributed by atoms with van der Waals surface area (Å²) < 4.78 is 0. The van der Waals surface area contributed by atoms with Crippen LogP contribution in [0.4, 0.5) is 0 Å². The molecular formula is C22H22N2O3. The lowest BCUT2D eigenvalue weighted by atomic mass is 10.0. The summed E-state index contributed by atoms with van der Waals surface area (Å²) in [6.45, 7) is 7.18. The lowest BCUT2D eigenvalue weighted by Crippen LogP contribution is -2.00. The Bertz CT molecular complexity index is 941. The maximum absolute atomic E-state index is 12.0. The van der Waals surface area contributed by atoms with E-state index in [1.54, 1.807) is 43.3 Å². The molecule has 5 nitrogen and oxygen atoms in total. The van der Waals surface area contributed by atoms with Crippen molar-refractivity contribution in [1.82, 2.24) is 0 Å². The number of hydrogen-bond acceptors (Lipinski definition) is 5. The average molecular weight is 362 g/mol. The molecule has 0 heterocycles. The monoisotopic (exact) mass is 362 g/mol. The molecule has 0 fully saturated rings. The van der Waals surface area contributed by atoms with Crippen molar-refractivity contribution in [3.63, 3.8) is 0 Å². The van der Waals surface area contributed by atoms with Gasteiger partial charge in [-0.2, -0.15) is 10.2 Å². The van der Waals surface area contributed by atoms with Gasteiger partial charge in [-0.1, -0.05) is 43.0 Å². The minimum Gasteiger partial charge on any atom is -0.507 e. The number of aromatic hydroxyl groups is 2. The number of allylic oxidation sites excluding steroid dienone is 2. The number of rotatable bonds is 7. The third-order valence-electron chi connectivity index (χ3n) is 4.05. The van der Waals surface area contributed by atoms with Gasteiger partial charge in [-0.3, -0.25) is 4.79 Å². The highest BCUT2D eigenvalue weighted by atomic mass is 16.3. The summed E-state index contributed by atoms with van der Waals surface area (Å²) in [5.74, 6) is -0.161. The minimum absolute atomic E-state index is 0.0185. The van der Waals surface area contributed by atoms with E-state index in [9.17, 15) is 15.0 Å². The standard InChI is InChI=1S/C22H22N2O3/c1-4-5-8-17-11-12-18(22(27)15(17)2)16(3)24-23-14-13-21(26)19-9-6-7-10-20(19)25/h4-12,14,25,27H,1,13H2,2-3H3/b8-5-,23-14+,24-16-. The summed E-state index contributed by atoms with van der Waals surface area (Å²) in [5, 5.41) is 28.0. The molecule has 0 aliphatic carbocycles. The van der Waals surface area contributed by atoms with Gasteiger partial charge in [0.25, 0.3) is 0 Å². The summed E-state index contributed by atoms with van der Waals surface area (Å²) in [5.41, 5.74) is 2.98. The van der Waals surface area contributed by atoms with Crippen molar-refractivity contribution in [2.75, 3.05) is 0 Å². The highest BCUT2D eigenvalue weighted by Gasteiger charge is 2.10. The summed E-state index contributed by atoms with van der Waals surface area (Å²) in [7, 11) is 0. The van der Waals surface area contributed by atoms with Crippen molar-refractivity contribution in [1.29, 1.82) is 0 Å². The molecule has 2 aromatic rings. The highest BCUT2D eigenvalue weighted by molar-refractivity contribution is 6.05. The van der Waals surface area contributed by atoms with Crippen LogP contribution in [0.25, 0.3) is 6.08 Å². The highest BCUT2D eigenvalue weighted by Crippen LogP contribution is 2.27. The van der Waals surface area contributed by atoms with E-state index in [1.807, 2.05) is 19.1 Å². The molecule has 0 bridgehead atoms. The van der Waals surface area contributed by atoms with Gasteiger partial charge >= 0.3 is 0 Å². The number of phenolic OH excluding ortho intramolecular Hbond substituents is 2. The first kappa shape index (κ1) is 19.8. The second-order valence-corrected chi connectivity index (χ2v) is 5.90. The third-order valence-corrected chi connectivity index (χ3v) is 4.05. The summed E-state index contributed by atoms with van der Waals surface area (Å²) in [6, 6.07) is 10.0. The molecule has 0 aromatic heterocycles. The Morgan fingerprint density at radius 1 is 1.15 bits per heavy atom. The predicted octanol–water partition coefficient (Wildman–Crippen LogP) is 4.67. The van der Waals surface area contributed by atoms with E-state index >= 15 is 0 Å². The first-order valence-corrected chi connectivity index (χ1v) is 8.45. The zero-order valence-electron chi connectivity index (χ0n) is 15.4. The Morgan fingerprint density at radius 3 is 2.59 bits per heavy atom. The predicted molar refractivity (Wildman–Crippen MR) is 110 cm³/mol. The largest absolute Gasteiger partial charge is 0.507 e. The number of phenols is 2. The molecule has 138 valence electrons. The van der Waals surface area contributed by atoms with Crippen LogP contribution in [0.5, 0.6) is 11.5 Å². The fraction of sp³-hybridized carbons (Fsp3) is 0.136.